The van der Waals surface area contributed by atoms with Crippen molar-refractivity contribution in [2.45, 2.75) is 13.3 Å². The van der Waals surface area contributed by atoms with Crippen molar-refractivity contribution in [3.05, 3.63) is 0 Å². The highest BCUT2D eigenvalue weighted by Crippen LogP contribution is 2.09. The number of rotatable bonds is 5. The third kappa shape index (κ3) is 4.64. The lowest BCUT2D eigenvalue weighted by Gasteiger charge is -2.34. The molecule has 0 radical (unpaired) electrons. The Balaban J connectivity index is 1.70. The normalized spacial score (nSPS) is 22.4. The fourth-order valence-electron chi connectivity index (χ4n) is 2.64. The molecule has 0 N–H and O–H groups in total. The number of ether oxygens (including phenoxy) is 1. The number of carbonyl (C=O) groups is 1. The summed E-state index contributed by atoms with van der Waals surface area (Å²) < 4.78 is 30.3. The summed E-state index contributed by atoms with van der Waals surface area (Å²) >= 11 is 0. The minimum atomic E-state index is -3.08. The summed E-state index contributed by atoms with van der Waals surface area (Å²) in [6.45, 7) is 7.45. The molecular formula is C13H25N3O4S. The van der Waals surface area contributed by atoms with Gasteiger partial charge < -0.3 is 14.5 Å². The van der Waals surface area contributed by atoms with E-state index in [1.165, 1.54) is 0 Å². The molecule has 8 heteroatoms. The fourth-order valence-corrected chi connectivity index (χ4v) is 3.72. The predicted octanol–water partition coefficient (Wildman–Crippen LogP) is -0.797. The van der Waals surface area contributed by atoms with Gasteiger partial charge in [0.05, 0.1) is 19.0 Å². The Hall–Kier alpha value is -0.700. The molecule has 2 rings (SSSR count). The zero-order valence-electron chi connectivity index (χ0n) is 12.7. The lowest BCUT2D eigenvalue weighted by Crippen LogP contribution is -2.50. The molecule has 0 aromatic carbocycles. The monoisotopic (exact) mass is 319 g/mol. The van der Waals surface area contributed by atoms with Crippen molar-refractivity contribution in [1.29, 1.82) is 0 Å². The van der Waals surface area contributed by atoms with Gasteiger partial charge >= 0.3 is 0 Å². The fraction of sp³-hybridized carbons (Fsp3) is 0.923. The van der Waals surface area contributed by atoms with Gasteiger partial charge in [0.15, 0.2) is 0 Å². The van der Waals surface area contributed by atoms with Gasteiger partial charge in [-0.05, 0) is 6.92 Å². The van der Waals surface area contributed by atoms with Gasteiger partial charge in [0, 0.05) is 52.2 Å². The van der Waals surface area contributed by atoms with Crippen LogP contribution in [0.3, 0.4) is 0 Å². The predicted molar refractivity (Wildman–Crippen MR) is 79.5 cm³/mol. The minimum Gasteiger partial charge on any atom is -0.378 e. The van der Waals surface area contributed by atoms with E-state index in [4.69, 9.17) is 4.74 Å². The van der Waals surface area contributed by atoms with Crippen molar-refractivity contribution >= 4 is 15.9 Å². The molecule has 0 bridgehead atoms. The molecule has 0 atom stereocenters. The number of carbonyl (C=O) groups excluding carboxylic acids is 1. The van der Waals surface area contributed by atoms with Crippen molar-refractivity contribution < 1.29 is 17.9 Å². The average molecular weight is 319 g/mol. The maximum absolute atomic E-state index is 12.0. The van der Waals surface area contributed by atoms with Crippen LogP contribution in [0.1, 0.15) is 13.3 Å². The molecule has 2 fully saturated rings. The molecule has 122 valence electrons. The first-order valence-electron chi connectivity index (χ1n) is 7.58. The van der Waals surface area contributed by atoms with Crippen molar-refractivity contribution in [3.63, 3.8) is 0 Å². The maximum atomic E-state index is 12.0. The van der Waals surface area contributed by atoms with E-state index in [2.05, 4.69) is 4.90 Å². The minimum absolute atomic E-state index is 0.155. The molecule has 0 unspecified atom stereocenters. The van der Waals surface area contributed by atoms with Crippen LogP contribution in [-0.4, -0.2) is 93.2 Å². The van der Waals surface area contributed by atoms with Crippen LogP contribution in [0, 0.1) is 0 Å². The van der Waals surface area contributed by atoms with Crippen LogP contribution < -0.4 is 0 Å². The van der Waals surface area contributed by atoms with Crippen molar-refractivity contribution in [2.24, 2.45) is 0 Å². The summed E-state index contributed by atoms with van der Waals surface area (Å²) in [5.74, 6) is 0.324. The number of piperazine rings is 1. The van der Waals surface area contributed by atoms with Gasteiger partial charge in [0.2, 0.25) is 15.9 Å². The third-order valence-electron chi connectivity index (χ3n) is 4.10. The zero-order valence-corrected chi connectivity index (χ0v) is 13.5. The summed E-state index contributed by atoms with van der Waals surface area (Å²) in [7, 11) is -3.08. The largest absolute Gasteiger partial charge is 0.378 e. The maximum Gasteiger partial charge on any atom is 0.224 e. The lowest BCUT2D eigenvalue weighted by molar-refractivity contribution is -0.135. The van der Waals surface area contributed by atoms with E-state index < -0.39 is 10.0 Å². The highest BCUT2D eigenvalue weighted by molar-refractivity contribution is 7.89. The lowest BCUT2D eigenvalue weighted by atomic mass is 10.3. The van der Waals surface area contributed by atoms with Crippen molar-refractivity contribution in [3.8, 4) is 0 Å². The van der Waals surface area contributed by atoms with E-state index in [9.17, 15) is 13.2 Å². The van der Waals surface area contributed by atoms with Crippen LogP contribution in [0.4, 0.5) is 0 Å². The van der Waals surface area contributed by atoms with Crippen LogP contribution in [0.2, 0.25) is 0 Å². The second-order valence-corrected chi connectivity index (χ2v) is 7.64. The van der Waals surface area contributed by atoms with E-state index in [-0.39, 0.29) is 11.7 Å². The van der Waals surface area contributed by atoms with Gasteiger partial charge in [-0.15, -0.1) is 0 Å². The Kier molecular flexibility index (Phi) is 5.98. The van der Waals surface area contributed by atoms with E-state index in [0.717, 1.165) is 0 Å². The molecule has 7 nitrogen and oxygen atoms in total. The second-order valence-electron chi connectivity index (χ2n) is 5.38. The second kappa shape index (κ2) is 7.53. The van der Waals surface area contributed by atoms with Gasteiger partial charge in [0.25, 0.3) is 0 Å². The summed E-state index contributed by atoms with van der Waals surface area (Å²) in [6.07, 6.45) is 0.501. The molecule has 2 saturated heterocycles. The summed E-state index contributed by atoms with van der Waals surface area (Å²) in [5, 5.41) is 0. The first-order chi connectivity index (χ1) is 10.0. The van der Waals surface area contributed by atoms with E-state index in [1.54, 1.807) is 11.2 Å². The smallest absolute Gasteiger partial charge is 0.224 e. The molecule has 1 amide bonds. The van der Waals surface area contributed by atoms with Gasteiger partial charge in [-0.3, -0.25) is 4.79 Å². The summed E-state index contributed by atoms with van der Waals surface area (Å²) in [5.41, 5.74) is 0. The van der Waals surface area contributed by atoms with Crippen LogP contribution in [0.15, 0.2) is 0 Å². The number of morpholine rings is 1. The number of nitrogens with zero attached hydrogens (tertiary/aromatic N) is 3. The molecular weight excluding hydrogens is 294 g/mol. The van der Waals surface area contributed by atoms with E-state index >= 15 is 0 Å². The van der Waals surface area contributed by atoms with Gasteiger partial charge in [-0.2, -0.15) is 4.31 Å². The Labute approximate surface area is 126 Å². The molecule has 0 saturated carbocycles. The standard InChI is InChI=1S/C13H25N3O4S/c1-2-21(18,19)16-7-5-14(6-8-16)4-3-13(17)15-9-11-20-12-10-15/h2-12H2,1H3. The first kappa shape index (κ1) is 16.7. The summed E-state index contributed by atoms with van der Waals surface area (Å²) in [6, 6.07) is 0. The van der Waals surface area contributed by atoms with Gasteiger partial charge in [0.1, 0.15) is 0 Å². The Morgan fingerprint density at radius 3 is 2.24 bits per heavy atom. The number of hydrogen-bond donors (Lipinski definition) is 0. The van der Waals surface area contributed by atoms with Crippen molar-refractivity contribution in [1.82, 2.24) is 14.1 Å². The quantitative estimate of drug-likeness (QED) is 0.664. The SMILES string of the molecule is CCS(=O)(=O)N1CCN(CCC(=O)N2CCOCC2)CC1. The molecule has 2 aliphatic rings. The van der Waals surface area contributed by atoms with Crippen LogP contribution in [-0.2, 0) is 19.6 Å². The molecule has 0 aromatic rings. The Morgan fingerprint density at radius 1 is 1.05 bits per heavy atom. The summed E-state index contributed by atoms with van der Waals surface area (Å²) in [4.78, 5) is 16.1. The Bertz CT molecular complexity index is 440. The molecule has 2 aliphatic heterocycles. The third-order valence-corrected chi connectivity index (χ3v) is 5.98. The molecule has 0 aliphatic carbocycles. The number of sulfonamides is 1. The van der Waals surface area contributed by atoms with Crippen LogP contribution in [0.5, 0.6) is 0 Å². The first-order valence-corrected chi connectivity index (χ1v) is 9.19. The Morgan fingerprint density at radius 2 is 1.67 bits per heavy atom. The highest BCUT2D eigenvalue weighted by Gasteiger charge is 2.26. The average Bonchev–Trinajstić information content (AvgIpc) is 2.54. The van der Waals surface area contributed by atoms with Crippen molar-refractivity contribution in [2.75, 3.05) is 64.8 Å². The van der Waals surface area contributed by atoms with E-state index in [0.29, 0.717) is 65.4 Å². The topological polar surface area (TPSA) is 70.2 Å². The van der Waals surface area contributed by atoms with Crippen LogP contribution >= 0.6 is 0 Å². The molecule has 0 spiro atoms. The number of amides is 1. The number of hydrogen-bond acceptors (Lipinski definition) is 5. The zero-order chi connectivity index (χ0) is 15.3. The highest BCUT2D eigenvalue weighted by atomic mass is 32.2. The van der Waals surface area contributed by atoms with E-state index in [1.807, 2.05) is 4.90 Å². The van der Waals surface area contributed by atoms with Gasteiger partial charge in [-0.25, -0.2) is 8.42 Å². The molecule has 2 heterocycles. The molecule has 21 heavy (non-hydrogen) atoms. The van der Waals surface area contributed by atoms with Gasteiger partial charge in [-0.1, -0.05) is 0 Å². The van der Waals surface area contributed by atoms with Crippen LogP contribution in [0.25, 0.3) is 0 Å². The molecule has 0 aromatic heterocycles.